The number of Topliss-reactive ketones (excluding diaryl/α,β-unsaturated/α-hetero) is 1. The van der Waals surface area contributed by atoms with Gasteiger partial charge >= 0.3 is 5.97 Å². The summed E-state index contributed by atoms with van der Waals surface area (Å²) in [4.78, 5) is 33.9. The highest BCUT2D eigenvalue weighted by Crippen LogP contribution is 2.30. The van der Waals surface area contributed by atoms with Crippen molar-refractivity contribution in [2.75, 3.05) is 13.0 Å². The predicted molar refractivity (Wildman–Crippen MR) is 74.2 cm³/mol. The lowest BCUT2D eigenvalue weighted by atomic mass is 9.88. The average Bonchev–Trinajstić information content (AvgIpc) is 2.51. The highest BCUT2D eigenvalue weighted by molar-refractivity contribution is 6.28. The fourth-order valence-electron chi connectivity index (χ4n) is 2.36. The molecule has 0 fully saturated rings. The van der Waals surface area contributed by atoms with Gasteiger partial charge in [-0.25, -0.2) is 0 Å². The van der Waals surface area contributed by atoms with Gasteiger partial charge < -0.3 is 4.74 Å². The van der Waals surface area contributed by atoms with Crippen LogP contribution >= 0.6 is 11.6 Å². The van der Waals surface area contributed by atoms with Gasteiger partial charge in [0.05, 0.1) is 24.0 Å². The minimum absolute atomic E-state index is 0.112. The molecule has 1 aliphatic rings. The number of methoxy groups -OCH3 is 1. The van der Waals surface area contributed by atoms with Crippen molar-refractivity contribution in [2.24, 2.45) is 0 Å². The van der Waals surface area contributed by atoms with Crippen molar-refractivity contribution in [1.82, 2.24) is 5.32 Å². The lowest BCUT2D eigenvalue weighted by Gasteiger charge is -2.30. The predicted octanol–water partition coefficient (Wildman–Crippen LogP) is 1.13. The Hall–Kier alpha value is -1.99. The van der Waals surface area contributed by atoms with E-state index in [1.807, 2.05) is 0 Å². The van der Waals surface area contributed by atoms with Crippen molar-refractivity contribution in [2.45, 2.75) is 18.5 Å². The summed E-state index contributed by atoms with van der Waals surface area (Å²) in [5.41, 5.74) is 1.06. The Kier molecular flexibility index (Phi) is 4.54. The van der Waals surface area contributed by atoms with E-state index in [0.29, 0.717) is 17.5 Å². The second-order valence-electron chi connectivity index (χ2n) is 4.62. The third-order valence-corrected chi connectivity index (χ3v) is 3.65. The summed E-state index contributed by atoms with van der Waals surface area (Å²) in [5, 5.41) is 13.7. The van der Waals surface area contributed by atoms with Crippen molar-refractivity contribution in [3.63, 3.8) is 0 Å². The van der Waals surface area contributed by atoms with Gasteiger partial charge in [-0.05, 0) is 17.5 Å². The number of rotatable bonds is 4. The molecule has 1 heterocycles. The Morgan fingerprint density at radius 3 is 2.81 bits per heavy atom. The zero-order valence-corrected chi connectivity index (χ0v) is 11.9. The molecule has 112 valence electrons. The lowest BCUT2D eigenvalue weighted by Crippen LogP contribution is -2.48. The standard InChI is InChI=1S/C13H13ClN2O5/c1-21-13(18)10-4-7-2-3-8(16(19)20)5-9(7)12(15-10)11(17)6-14/h2-3,5,10,12,15H,4,6H2,1H3. The van der Waals surface area contributed by atoms with E-state index < -0.39 is 23.0 Å². The number of nitrogens with zero attached hydrogens (tertiary/aromatic N) is 1. The van der Waals surface area contributed by atoms with Crippen molar-refractivity contribution >= 4 is 29.0 Å². The number of non-ortho nitro benzene ring substituents is 1. The Morgan fingerprint density at radius 1 is 1.52 bits per heavy atom. The first-order valence-corrected chi connectivity index (χ1v) is 6.71. The minimum atomic E-state index is -0.852. The fraction of sp³-hybridized carbons (Fsp3) is 0.385. The monoisotopic (exact) mass is 312 g/mol. The van der Waals surface area contributed by atoms with E-state index in [4.69, 9.17) is 11.6 Å². The third-order valence-electron chi connectivity index (χ3n) is 3.38. The molecular formula is C13H13ClN2O5. The van der Waals surface area contributed by atoms with E-state index in [9.17, 15) is 19.7 Å². The molecule has 2 rings (SSSR count). The maximum Gasteiger partial charge on any atom is 0.323 e. The number of nitro groups is 1. The number of alkyl halides is 1. The first-order valence-electron chi connectivity index (χ1n) is 6.17. The van der Waals surface area contributed by atoms with Crippen LogP contribution in [-0.4, -0.2) is 35.7 Å². The quantitative estimate of drug-likeness (QED) is 0.387. The van der Waals surface area contributed by atoms with Crippen LogP contribution in [-0.2, 0) is 20.7 Å². The van der Waals surface area contributed by atoms with Crippen LogP contribution in [0.25, 0.3) is 0 Å². The van der Waals surface area contributed by atoms with E-state index in [0.717, 1.165) is 0 Å². The maximum atomic E-state index is 12.0. The molecule has 1 aliphatic heterocycles. The highest BCUT2D eigenvalue weighted by Gasteiger charge is 2.35. The molecule has 1 aromatic rings. The van der Waals surface area contributed by atoms with Crippen LogP contribution in [0.2, 0.25) is 0 Å². The number of hydrogen-bond donors (Lipinski definition) is 1. The first kappa shape index (κ1) is 15.4. The lowest BCUT2D eigenvalue weighted by molar-refractivity contribution is -0.384. The number of nitrogens with one attached hydrogen (secondary N) is 1. The molecule has 21 heavy (non-hydrogen) atoms. The van der Waals surface area contributed by atoms with Gasteiger partial charge in [-0.15, -0.1) is 11.6 Å². The van der Waals surface area contributed by atoms with Crippen LogP contribution < -0.4 is 5.32 Å². The molecule has 0 spiro atoms. The molecule has 0 amide bonds. The van der Waals surface area contributed by atoms with Crippen LogP contribution in [0, 0.1) is 10.1 Å². The Bertz CT molecular complexity index is 604. The zero-order valence-electron chi connectivity index (χ0n) is 11.2. The summed E-state index contributed by atoms with van der Waals surface area (Å²) < 4.78 is 4.67. The highest BCUT2D eigenvalue weighted by atomic mass is 35.5. The van der Waals surface area contributed by atoms with Crippen molar-refractivity contribution in [3.05, 3.63) is 39.4 Å². The Labute approximate surface area is 125 Å². The number of benzene rings is 1. The molecule has 0 bridgehead atoms. The number of fused-ring (bicyclic) bond motifs is 1. The second-order valence-corrected chi connectivity index (χ2v) is 4.89. The summed E-state index contributed by atoms with van der Waals surface area (Å²) >= 11 is 5.58. The van der Waals surface area contributed by atoms with E-state index in [2.05, 4.69) is 10.1 Å². The number of carbonyl (C=O) groups excluding carboxylic acids is 2. The van der Waals surface area contributed by atoms with Gasteiger partial charge in [0.2, 0.25) is 0 Å². The van der Waals surface area contributed by atoms with Gasteiger partial charge in [-0.1, -0.05) is 6.07 Å². The molecule has 8 heteroatoms. The van der Waals surface area contributed by atoms with E-state index in [1.165, 1.54) is 19.2 Å². The maximum absolute atomic E-state index is 12.0. The summed E-state index contributed by atoms with van der Waals surface area (Å²) in [6.45, 7) is 0. The van der Waals surface area contributed by atoms with Crippen molar-refractivity contribution in [1.29, 1.82) is 0 Å². The molecular weight excluding hydrogens is 300 g/mol. The van der Waals surface area contributed by atoms with Crippen LogP contribution in [0.15, 0.2) is 18.2 Å². The van der Waals surface area contributed by atoms with E-state index in [-0.39, 0.29) is 17.4 Å². The van der Waals surface area contributed by atoms with E-state index in [1.54, 1.807) is 6.07 Å². The molecule has 2 atom stereocenters. The van der Waals surface area contributed by atoms with Gasteiger partial charge in [-0.3, -0.25) is 25.0 Å². The molecule has 7 nitrogen and oxygen atoms in total. The number of ether oxygens (including phenoxy) is 1. The Morgan fingerprint density at radius 2 is 2.24 bits per heavy atom. The third kappa shape index (κ3) is 3.03. The molecule has 0 saturated heterocycles. The summed E-state index contributed by atoms with van der Waals surface area (Å²) in [6, 6.07) is 2.71. The minimum Gasteiger partial charge on any atom is -0.468 e. The van der Waals surface area contributed by atoms with Crippen LogP contribution in [0.4, 0.5) is 5.69 Å². The molecule has 1 N–H and O–H groups in total. The van der Waals surface area contributed by atoms with Gasteiger partial charge in [0.15, 0.2) is 5.78 Å². The number of carbonyl (C=O) groups is 2. The number of halogens is 1. The van der Waals surface area contributed by atoms with Gasteiger partial charge in [-0.2, -0.15) is 0 Å². The normalized spacial score (nSPS) is 20.5. The number of esters is 1. The van der Waals surface area contributed by atoms with E-state index >= 15 is 0 Å². The fourth-order valence-corrected chi connectivity index (χ4v) is 2.51. The van der Waals surface area contributed by atoms with Crippen LogP contribution in [0.5, 0.6) is 0 Å². The average molecular weight is 313 g/mol. The Balaban J connectivity index is 2.45. The van der Waals surface area contributed by atoms with Crippen LogP contribution in [0.1, 0.15) is 17.2 Å². The molecule has 1 aromatic carbocycles. The molecule has 2 unspecified atom stereocenters. The molecule has 0 aliphatic carbocycles. The second kappa shape index (κ2) is 6.19. The van der Waals surface area contributed by atoms with Gasteiger partial charge in [0.25, 0.3) is 5.69 Å². The van der Waals surface area contributed by atoms with Crippen molar-refractivity contribution < 1.29 is 19.2 Å². The largest absolute Gasteiger partial charge is 0.468 e. The summed E-state index contributed by atoms with van der Waals surface area (Å²) in [7, 11) is 1.26. The van der Waals surface area contributed by atoms with Gasteiger partial charge in [0, 0.05) is 12.1 Å². The smallest absolute Gasteiger partial charge is 0.323 e. The van der Waals surface area contributed by atoms with Crippen LogP contribution in [0.3, 0.4) is 0 Å². The van der Waals surface area contributed by atoms with Gasteiger partial charge in [0.1, 0.15) is 6.04 Å². The molecule has 0 aromatic heterocycles. The number of hydrogen-bond acceptors (Lipinski definition) is 6. The number of nitro benzene ring substituents is 1. The SMILES string of the molecule is COC(=O)C1Cc2ccc([N+](=O)[O-])cc2C(C(=O)CCl)N1. The number of ketones is 1. The summed E-state index contributed by atoms with van der Waals surface area (Å²) in [6.07, 6.45) is 0.298. The topological polar surface area (TPSA) is 98.5 Å². The molecule has 0 saturated carbocycles. The van der Waals surface area contributed by atoms with Crippen molar-refractivity contribution in [3.8, 4) is 0 Å². The molecule has 0 radical (unpaired) electrons. The summed E-state index contributed by atoms with van der Waals surface area (Å²) in [5.74, 6) is -1.10. The zero-order chi connectivity index (χ0) is 15.6. The first-order chi connectivity index (χ1) is 9.97.